The minimum Gasteiger partial charge on any atom is -0.452 e. The van der Waals surface area contributed by atoms with Crippen molar-refractivity contribution >= 4 is 33.7 Å². The van der Waals surface area contributed by atoms with E-state index in [0.717, 1.165) is 6.08 Å². The van der Waals surface area contributed by atoms with Crippen molar-refractivity contribution in [3.05, 3.63) is 66.0 Å². The van der Waals surface area contributed by atoms with E-state index in [1.807, 2.05) is 0 Å². The lowest BCUT2D eigenvalue weighted by Gasteiger charge is -2.06. The van der Waals surface area contributed by atoms with Crippen LogP contribution in [0.2, 0.25) is 0 Å². The van der Waals surface area contributed by atoms with Crippen molar-refractivity contribution in [2.24, 2.45) is 5.14 Å². The molecule has 0 aliphatic carbocycles. The van der Waals surface area contributed by atoms with Crippen molar-refractivity contribution in [3.63, 3.8) is 0 Å². The van der Waals surface area contributed by atoms with E-state index in [1.54, 1.807) is 6.07 Å². The molecule has 0 bridgehead atoms. The Kier molecular flexibility index (Phi) is 6.21. The molecule has 26 heavy (non-hydrogen) atoms. The van der Waals surface area contributed by atoms with Crippen molar-refractivity contribution in [2.45, 2.75) is 4.90 Å². The quantitative estimate of drug-likeness (QED) is 0.586. The monoisotopic (exact) mass is 378 g/mol. The highest BCUT2D eigenvalue weighted by Crippen LogP contribution is 2.12. The van der Waals surface area contributed by atoms with Gasteiger partial charge in [0.15, 0.2) is 6.61 Å². The van der Waals surface area contributed by atoms with Gasteiger partial charge in [0.1, 0.15) is 5.82 Å². The molecule has 7 nitrogen and oxygen atoms in total. The lowest BCUT2D eigenvalue weighted by Crippen LogP contribution is -2.20. The van der Waals surface area contributed by atoms with Crippen molar-refractivity contribution in [1.82, 2.24) is 0 Å². The molecule has 2 rings (SSSR count). The van der Waals surface area contributed by atoms with Crippen LogP contribution >= 0.6 is 0 Å². The molecule has 0 heterocycles. The zero-order valence-electron chi connectivity index (χ0n) is 13.4. The number of ether oxygens (including phenoxy) is 1. The maximum absolute atomic E-state index is 13.4. The summed E-state index contributed by atoms with van der Waals surface area (Å²) in [5.41, 5.74) is 0.518. The number of hydrogen-bond acceptors (Lipinski definition) is 5. The van der Waals surface area contributed by atoms with Crippen LogP contribution in [0.5, 0.6) is 0 Å². The van der Waals surface area contributed by atoms with Gasteiger partial charge in [-0.25, -0.2) is 22.7 Å². The first-order valence-corrected chi connectivity index (χ1v) is 8.82. The van der Waals surface area contributed by atoms with E-state index < -0.39 is 34.3 Å². The molecule has 1 amide bonds. The Morgan fingerprint density at radius 2 is 1.77 bits per heavy atom. The van der Waals surface area contributed by atoms with Gasteiger partial charge in [0.2, 0.25) is 10.0 Å². The highest BCUT2D eigenvalue weighted by atomic mass is 32.2. The van der Waals surface area contributed by atoms with Crippen LogP contribution in [0.4, 0.5) is 10.1 Å². The van der Waals surface area contributed by atoms with Gasteiger partial charge in [-0.05, 0) is 36.4 Å². The number of anilines is 1. The van der Waals surface area contributed by atoms with Crippen molar-refractivity contribution in [2.75, 3.05) is 11.9 Å². The normalized spacial score (nSPS) is 11.3. The zero-order valence-corrected chi connectivity index (χ0v) is 14.2. The van der Waals surface area contributed by atoms with Crippen LogP contribution in [0, 0.1) is 5.82 Å². The molecule has 3 N–H and O–H groups in total. The number of nitrogens with one attached hydrogen (secondary N) is 1. The number of carbonyl (C=O) groups is 2. The van der Waals surface area contributed by atoms with E-state index in [2.05, 4.69) is 5.32 Å². The average Bonchev–Trinajstić information content (AvgIpc) is 2.59. The van der Waals surface area contributed by atoms with Gasteiger partial charge in [0.05, 0.1) is 4.90 Å². The molecule has 0 fully saturated rings. The number of nitrogens with two attached hydrogens (primary N) is 1. The maximum Gasteiger partial charge on any atom is 0.331 e. The van der Waals surface area contributed by atoms with Crippen molar-refractivity contribution < 1.29 is 27.1 Å². The van der Waals surface area contributed by atoms with E-state index in [9.17, 15) is 22.4 Å². The number of amides is 1. The fourth-order valence-electron chi connectivity index (χ4n) is 1.88. The van der Waals surface area contributed by atoms with Crippen LogP contribution in [0.25, 0.3) is 6.08 Å². The van der Waals surface area contributed by atoms with Gasteiger partial charge in [-0.15, -0.1) is 0 Å². The summed E-state index contributed by atoms with van der Waals surface area (Å²) < 4.78 is 40.4. The molecule has 0 spiro atoms. The topological polar surface area (TPSA) is 116 Å². The maximum atomic E-state index is 13.4. The van der Waals surface area contributed by atoms with Crippen LogP contribution in [0.1, 0.15) is 5.56 Å². The molecular weight excluding hydrogens is 363 g/mol. The van der Waals surface area contributed by atoms with Gasteiger partial charge in [0.25, 0.3) is 5.91 Å². The van der Waals surface area contributed by atoms with Crippen molar-refractivity contribution in [3.8, 4) is 0 Å². The van der Waals surface area contributed by atoms with Gasteiger partial charge in [-0.1, -0.05) is 18.2 Å². The number of esters is 1. The van der Waals surface area contributed by atoms with E-state index in [-0.39, 0.29) is 10.5 Å². The summed E-state index contributed by atoms with van der Waals surface area (Å²) in [5.74, 6) is -1.92. The summed E-state index contributed by atoms with van der Waals surface area (Å²) >= 11 is 0. The van der Waals surface area contributed by atoms with Crippen LogP contribution in [0.15, 0.2) is 59.5 Å². The van der Waals surface area contributed by atoms with Crippen LogP contribution in [-0.4, -0.2) is 26.9 Å². The van der Waals surface area contributed by atoms with Gasteiger partial charge < -0.3 is 10.1 Å². The smallest absolute Gasteiger partial charge is 0.331 e. The molecule has 0 radical (unpaired) electrons. The zero-order chi connectivity index (χ0) is 19.2. The van der Waals surface area contributed by atoms with E-state index in [0.29, 0.717) is 5.69 Å². The molecule has 2 aromatic carbocycles. The Morgan fingerprint density at radius 3 is 2.38 bits per heavy atom. The Bertz CT molecular complexity index is 940. The average molecular weight is 378 g/mol. The van der Waals surface area contributed by atoms with Gasteiger partial charge in [-0.3, -0.25) is 4.79 Å². The van der Waals surface area contributed by atoms with Gasteiger partial charge in [0, 0.05) is 17.3 Å². The second-order valence-electron chi connectivity index (χ2n) is 5.08. The lowest BCUT2D eigenvalue weighted by atomic mass is 10.2. The Balaban J connectivity index is 1.85. The lowest BCUT2D eigenvalue weighted by molar-refractivity contribution is -0.142. The summed E-state index contributed by atoms with van der Waals surface area (Å²) in [6.07, 6.45) is 2.24. The number of primary sulfonamides is 1. The number of sulfonamides is 1. The number of rotatable bonds is 6. The molecule has 0 atom stereocenters. The van der Waals surface area contributed by atoms with Gasteiger partial charge >= 0.3 is 5.97 Å². The van der Waals surface area contributed by atoms with Crippen LogP contribution in [-0.2, 0) is 24.3 Å². The van der Waals surface area contributed by atoms with E-state index >= 15 is 0 Å². The largest absolute Gasteiger partial charge is 0.452 e. The number of carbonyl (C=O) groups excluding carboxylic acids is 2. The standard InChI is InChI=1S/C17H15FN2O5S/c18-15-4-2-1-3-12(15)5-10-17(22)25-11-16(21)20-13-6-8-14(9-7-13)26(19,23)24/h1-10H,11H2,(H,20,21)(H2,19,23,24)/b10-5+. The summed E-state index contributed by atoms with van der Waals surface area (Å²) in [7, 11) is -3.82. The molecule has 0 saturated heterocycles. The molecule has 9 heteroatoms. The van der Waals surface area contributed by atoms with E-state index in [4.69, 9.17) is 9.88 Å². The minimum atomic E-state index is -3.82. The Labute approximate surface area is 149 Å². The Morgan fingerprint density at radius 1 is 1.12 bits per heavy atom. The van der Waals surface area contributed by atoms with E-state index in [1.165, 1.54) is 48.5 Å². The molecule has 136 valence electrons. The first kappa shape index (κ1) is 19.3. The SMILES string of the molecule is NS(=O)(=O)c1ccc(NC(=O)COC(=O)/C=C/c2ccccc2F)cc1. The van der Waals surface area contributed by atoms with Crippen molar-refractivity contribution in [1.29, 1.82) is 0 Å². The summed E-state index contributed by atoms with van der Waals surface area (Å²) in [5, 5.41) is 7.39. The first-order chi connectivity index (χ1) is 12.3. The molecule has 0 aliphatic heterocycles. The molecule has 0 aromatic heterocycles. The summed E-state index contributed by atoms with van der Waals surface area (Å²) in [6.45, 7) is -0.558. The number of hydrogen-bond donors (Lipinski definition) is 2. The molecular formula is C17H15FN2O5S. The third-order valence-electron chi connectivity index (χ3n) is 3.12. The molecule has 0 unspecified atom stereocenters. The summed E-state index contributed by atoms with van der Waals surface area (Å²) in [4.78, 5) is 23.2. The second-order valence-corrected chi connectivity index (χ2v) is 6.64. The molecule has 2 aromatic rings. The van der Waals surface area contributed by atoms with Crippen LogP contribution < -0.4 is 10.5 Å². The predicted octanol–water partition coefficient (Wildman–Crippen LogP) is 1.67. The highest BCUT2D eigenvalue weighted by molar-refractivity contribution is 7.89. The fourth-order valence-corrected chi connectivity index (χ4v) is 2.39. The van der Waals surface area contributed by atoms with Crippen LogP contribution in [0.3, 0.4) is 0 Å². The second kappa shape index (κ2) is 8.37. The Hall–Kier alpha value is -3.04. The third-order valence-corrected chi connectivity index (χ3v) is 4.05. The number of halogens is 1. The van der Waals surface area contributed by atoms with Gasteiger partial charge in [-0.2, -0.15) is 0 Å². The molecule has 0 saturated carbocycles. The summed E-state index contributed by atoms with van der Waals surface area (Å²) in [6, 6.07) is 11.0. The predicted molar refractivity (Wildman–Crippen MR) is 92.8 cm³/mol. The highest BCUT2D eigenvalue weighted by Gasteiger charge is 2.09. The number of benzene rings is 2. The first-order valence-electron chi connectivity index (χ1n) is 7.28. The third kappa shape index (κ3) is 5.80. The minimum absolute atomic E-state index is 0.0970. The fraction of sp³-hybridized carbons (Fsp3) is 0.0588. The molecule has 0 aliphatic rings.